The van der Waals surface area contributed by atoms with Gasteiger partial charge in [0.1, 0.15) is 0 Å². The number of fused-ring (bicyclic) bond motifs is 2. The number of benzene rings is 3. The summed E-state index contributed by atoms with van der Waals surface area (Å²) in [6.45, 7) is 3.83. The van der Waals surface area contributed by atoms with Crippen LogP contribution in [0.1, 0.15) is 39.5 Å². The Hall–Kier alpha value is -3.60. The molecule has 3 amide bonds. The lowest BCUT2D eigenvalue weighted by Gasteiger charge is -2.35. The van der Waals surface area contributed by atoms with Crippen molar-refractivity contribution in [2.24, 2.45) is 0 Å². The molecular formula is C27H27N3O2. The molecule has 32 heavy (non-hydrogen) atoms. The number of hydrogen-bond donors (Lipinski definition) is 0. The van der Waals surface area contributed by atoms with Gasteiger partial charge in [-0.2, -0.15) is 0 Å². The molecule has 5 rings (SSSR count). The van der Waals surface area contributed by atoms with Crippen LogP contribution in [0.25, 0.3) is 0 Å². The maximum Gasteiger partial charge on any atom is 0.324 e. The summed E-state index contributed by atoms with van der Waals surface area (Å²) in [5.74, 6) is 0.0565. The van der Waals surface area contributed by atoms with Gasteiger partial charge in [-0.25, -0.2) is 4.79 Å². The van der Waals surface area contributed by atoms with Crippen LogP contribution in [-0.4, -0.2) is 34.8 Å². The van der Waals surface area contributed by atoms with Gasteiger partial charge in [0, 0.05) is 44.0 Å². The van der Waals surface area contributed by atoms with Gasteiger partial charge in [-0.3, -0.25) is 9.69 Å². The highest BCUT2D eigenvalue weighted by Gasteiger charge is 2.30. The summed E-state index contributed by atoms with van der Waals surface area (Å²) in [7, 11) is 1.80. The highest BCUT2D eigenvalue weighted by atomic mass is 16.2. The third kappa shape index (κ3) is 3.64. The highest BCUT2D eigenvalue weighted by Crippen LogP contribution is 2.29. The van der Waals surface area contributed by atoms with Crippen molar-refractivity contribution >= 4 is 17.6 Å². The first-order valence-corrected chi connectivity index (χ1v) is 11.1. The number of nitrogens with zero attached hydrogens (tertiary/aromatic N) is 3. The van der Waals surface area contributed by atoms with Gasteiger partial charge in [0.15, 0.2) is 0 Å². The van der Waals surface area contributed by atoms with Crippen LogP contribution in [0.3, 0.4) is 0 Å². The third-order valence-corrected chi connectivity index (χ3v) is 6.64. The summed E-state index contributed by atoms with van der Waals surface area (Å²) < 4.78 is 0. The smallest absolute Gasteiger partial charge is 0.324 e. The minimum absolute atomic E-state index is 0.0402. The van der Waals surface area contributed by atoms with Gasteiger partial charge in [0.25, 0.3) is 5.91 Å². The number of carbonyl (C=O) groups excluding carboxylic acids is 2. The fourth-order valence-corrected chi connectivity index (χ4v) is 4.75. The second-order valence-electron chi connectivity index (χ2n) is 8.77. The van der Waals surface area contributed by atoms with Gasteiger partial charge >= 0.3 is 6.03 Å². The van der Waals surface area contributed by atoms with Crippen LogP contribution in [-0.2, 0) is 26.1 Å². The SMILES string of the molecule is C[C@@H]1Cc2ccccc2CN1C(=O)c1ccc2c(c1)CN(C(=O)N(C)c1ccccc1)C2. The van der Waals surface area contributed by atoms with Crippen molar-refractivity contribution in [2.45, 2.75) is 39.0 Å². The zero-order valence-electron chi connectivity index (χ0n) is 18.5. The Labute approximate surface area is 188 Å². The van der Waals surface area contributed by atoms with E-state index >= 15 is 0 Å². The molecule has 0 fully saturated rings. The summed E-state index contributed by atoms with van der Waals surface area (Å²) in [6.07, 6.45) is 0.876. The van der Waals surface area contributed by atoms with Crippen LogP contribution in [0.5, 0.6) is 0 Å². The monoisotopic (exact) mass is 425 g/mol. The molecule has 0 aromatic heterocycles. The number of hydrogen-bond acceptors (Lipinski definition) is 2. The van der Waals surface area contributed by atoms with Gasteiger partial charge in [-0.1, -0.05) is 48.5 Å². The van der Waals surface area contributed by atoms with Gasteiger partial charge in [-0.05, 0) is 59.9 Å². The predicted octanol–water partition coefficient (Wildman–Crippen LogP) is 4.85. The number of amides is 3. The summed E-state index contributed by atoms with van der Waals surface area (Å²) >= 11 is 0. The first-order chi connectivity index (χ1) is 15.5. The van der Waals surface area contributed by atoms with Crippen molar-refractivity contribution in [2.75, 3.05) is 11.9 Å². The quantitative estimate of drug-likeness (QED) is 0.589. The molecule has 5 nitrogen and oxygen atoms in total. The number of urea groups is 1. The highest BCUT2D eigenvalue weighted by molar-refractivity contribution is 5.95. The Kier molecular flexibility index (Phi) is 5.17. The molecule has 0 radical (unpaired) electrons. The number of carbonyl (C=O) groups is 2. The molecule has 0 saturated heterocycles. The average molecular weight is 426 g/mol. The zero-order valence-corrected chi connectivity index (χ0v) is 18.5. The lowest BCUT2D eigenvalue weighted by atomic mass is 9.94. The van der Waals surface area contributed by atoms with E-state index in [1.807, 2.05) is 64.4 Å². The Balaban J connectivity index is 1.32. The van der Waals surface area contributed by atoms with E-state index in [0.717, 1.165) is 23.2 Å². The van der Waals surface area contributed by atoms with Crippen LogP contribution >= 0.6 is 0 Å². The molecule has 0 saturated carbocycles. The molecule has 162 valence electrons. The lowest BCUT2D eigenvalue weighted by molar-refractivity contribution is 0.0658. The van der Waals surface area contributed by atoms with E-state index in [9.17, 15) is 9.59 Å². The van der Waals surface area contributed by atoms with E-state index in [0.29, 0.717) is 25.2 Å². The second kappa shape index (κ2) is 8.15. The molecule has 3 aromatic carbocycles. The van der Waals surface area contributed by atoms with Crippen molar-refractivity contribution in [1.29, 1.82) is 0 Å². The van der Waals surface area contributed by atoms with Crippen molar-refractivity contribution in [3.8, 4) is 0 Å². The topological polar surface area (TPSA) is 43.9 Å². The minimum atomic E-state index is -0.0402. The van der Waals surface area contributed by atoms with Crippen molar-refractivity contribution in [3.05, 3.63) is 101 Å². The molecule has 0 bridgehead atoms. The standard InChI is InChI=1S/C27H27N3O2/c1-19-14-20-8-6-7-9-22(20)18-30(19)26(31)21-12-13-23-16-29(17-24(23)15-21)27(32)28(2)25-10-4-3-5-11-25/h3-13,15,19H,14,16-18H2,1-2H3/t19-/m1/s1. The summed E-state index contributed by atoms with van der Waals surface area (Å²) in [4.78, 5) is 31.8. The molecule has 1 atom stereocenters. The molecule has 0 aliphatic carbocycles. The normalized spacial score (nSPS) is 17.0. The molecular weight excluding hydrogens is 398 g/mol. The van der Waals surface area contributed by atoms with E-state index in [4.69, 9.17) is 0 Å². The van der Waals surface area contributed by atoms with E-state index < -0.39 is 0 Å². The van der Waals surface area contributed by atoms with Crippen molar-refractivity contribution < 1.29 is 9.59 Å². The van der Waals surface area contributed by atoms with Crippen LogP contribution in [0, 0.1) is 0 Å². The fraction of sp³-hybridized carbons (Fsp3) is 0.259. The lowest BCUT2D eigenvalue weighted by Crippen LogP contribution is -2.42. The largest absolute Gasteiger partial charge is 0.331 e. The van der Waals surface area contributed by atoms with E-state index in [2.05, 4.69) is 25.1 Å². The third-order valence-electron chi connectivity index (χ3n) is 6.64. The van der Waals surface area contributed by atoms with Gasteiger partial charge < -0.3 is 9.80 Å². The van der Waals surface area contributed by atoms with E-state index in [1.54, 1.807) is 11.9 Å². The van der Waals surface area contributed by atoms with Crippen LogP contribution < -0.4 is 4.90 Å². The Bertz CT molecular complexity index is 1170. The summed E-state index contributed by atoms with van der Waals surface area (Å²) in [6, 6.07) is 24.0. The Morgan fingerprint density at radius 1 is 0.812 bits per heavy atom. The molecule has 0 spiro atoms. The maximum atomic E-state index is 13.4. The summed E-state index contributed by atoms with van der Waals surface area (Å²) in [5, 5.41) is 0. The van der Waals surface area contributed by atoms with Gasteiger partial charge in [0.2, 0.25) is 0 Å². The predicted molar refractivity (Wildman–Crippen MR) is 125 cm³/mol. The first-order valence-electron chi connectivity index (χ1n) is 11.1. The number of anilines is 1. The van der Waals surface area contributed by atoms with Crippen LogP contribution in [0.15, 0.2) is 72.8 Å². The first kappa shape index (κ1) is 20.3. The molecule has 2 aliphatic heterocycles. The molecule has 2 aliphatic rings. The average Bonchev–Trinajstić information content (AvgIpc) is 3.26. The van der Waals surface area contributed by atoms with Crippen LogP contribution in [0.2, 0.25) is 0 Å². The fourth-order valence-electron chi connectivity index (χ4n) is 4.75. The maximum absolute atomic E-state index is 13.4. The molecule has 0 N–H and O–H groups in total. The van der Waals surface area contributed by atoms with E-state index in [1.165, 1.54) is 11.1 Å². The summed E-state index contributed by atoms with van der Waals surface area (Å²) in [5.41, 5.74) is 6.27. The molecule has 5 heteroatoms. The van der Waals surface area contributed by atoms with Crippen LogP contribution in [0.4, 0.5) is 10.5 Å². The van der Waals surface area contributed by atoms with Crippen molar-refractivity contribution in [3.63, 3.8) is 0 Å². The minimum Gasteiger partial charge on any atom is -0.331 e. The number of para-hydroxylation sites is 1. The Morgan fingerprint density at radius 3 is 2.25 bits per heavy atom. The second-order valence-corrected chi connectivity index (χ2v) is 8.77. The van der Waals surface area contributed by atoms with Crippen molar-refractivity contribution in [1.82, 2.24) is 9.80 Å². The zero-order chi connectivity index (χ0) is 22.2. The van der Waals surface area contributed by atoms with E-state index in [-0.39, 0.29) is 18.0 Å². The molecule has 2 heterocycles. The molecule has 0 unspecified atom stereocenters. The van der Waals surface area contributed by atoms with Gasteiger partial charge in [-0.15, -0.1) is 0 Å². The Morgan fingerprint density at radius 2 is 1.47 bits per heavy atom. The number of rotatable bonds is 2. The van der Waals surface area contributed by atoms with Gasteiger partial charge in [0.05, 0.1) is 0 Å². The molecule has 3 aromatic rings.